The number of ether oxygens (including phenoxy) is 2. The lowest BCUT2D eigenvalue weighted by Gasteiger charge is -2.19. The Morgan fingerprint density at radius 3 is 2.70 bits per heavy atom. The van der Waals surface area contributed by atoms with E-state index in [4.69, 9.17) is 9.47 Å². The molecule has 0 unspecified atom stereocenters. The number of benzene rings is 2. The maximum absolute atomic E-state index is 12.7. The molecular weight excluding hydrogens is 388 g/mol. The van der Waals surface area contributed by atoms with Crippen LogP contribution in [0.4, 0.5) is 5.69 Å². The minimum Gasteiger partial charge on any atom is -0.486 e. The van der Waals surface area contributed by atoms with Crippen molar-refractivity contribution in [3.05, 3.63) is 65.2 Å². The first kappa shape index (κ1) is 17.9. The molecule has 1 amide bonds. The molecule has 0 bridgehead atoms. The fourth-order valence-electron chi connectivity index (χ4n) is 3.18. The van der Waals surface area contributed by atoms with Crippen LogP contribution in [0.15, 0.2) is 59.7 Å². The van der Waals surface area contributed by atoms with Gasteiger partial charge in [0.05, 0.1) is 5.69 Å². The smallest absolute Gasteiger partial charge is 0.284 e. The zero-order valence-electron chi connectivity index (χ0n) is 15.7. The van der Waals surface area contributed by atoms with Crippen LogP contribution < -0.4 is 20.3 Å². The lowest BCUT2D eigenvalue weighted by atomic mass is 10.2. The zero-order chi connectivity index (χ0) is 20.5. The molecule has 0 atom stereocenters. The van der Waals surface area contributed by atoms with Crippen molar-refractivity contribution in [3.63, 3.8) is 0 Å². The number of aromatic nitrogens is 5. The molecule has 0 aliphatic carbocycles. The Kier molecular flexibility index (Phi) is 4.36. The van der Waals surface area contributed by atoms with E-state index in [0.29, 0.717) is 36.0 Å². The molecular formula is C20H16N6O4. The number of nitrogens with zero attached hydrogens (tertiary/aromatic N) is 5. The highest BCUT2D eigenvalue weighted by molar-refractivity contribution is 5.91. The first-order valence-electron chi connectivity index (χ1n) is 9.25. The van der Waals surface area contributed by atoms with Crippen LogP contribution in [0.3, 0.4) is 0 Å². The Morgan fingerprint density at radius 2 is 1.87 bits per heavy atom. The fourth-order valence-corrected chi connectivity index (χ4v) is 3.18. The molecule has 0 saturated heterocycles. The van der Waals surface area contributed by atoms with Gasteiger partial charge in [-0.2, -0.15) is 4.68 Å². The van der Waals surface area contributed by atoms with Crippen molar-refractivity contribution in [1.29, 1.82) is 0 Å². The summed E-state index contributed by atoms with van der Waals surface area (Å²) >= 11 is 0. The number of hydrogen-bond donors (Lipinski definition) is 1. The molecule has 2 aromatic carbocycles. The summed E-state index contributed by atoms with van der Waals surface area (Å²) < 4.78 is 13.7. The quantitative estimate of drug-likeness (QED) is 0.547. The molecule has 0 fully saturated rings. The molecule has 10 nitrogen and oxygen atoms in total. The summed E-state index contributed by atoms with van der Waals surface area (Å²) in [6.07, 6.45) is 1.32. The topological polar surface area (TPSA) is 113 Å². The summed E-state index contributed by atoms with van der Waals surface area (Å²) in [5, 5.41) is 10.7. The highest BCUT2D eigenvalue weighted by atomic mass is 16.6. The predicted molar refractivity (Wildman–Crippen MR) is 107 cm³/mol. The van der Waals surface area contributed by atoms with E-state index in [2.05, 4.69) is 20.6 Å². The van der Waals surface area contributed by atoms with E-state index >= 15 is 0 Å². The molecule has 10 heteroatoms. The number of rotatable bonds is 4. The second kappa shape index (κ2) is 7.32. The number of anilines is 1. The molecule has 4 aromatic rings. The number of nitrogens with one attached hydrogen (secondary N) is 1. The Labute approximate surface area is 169 Å². The van der Waals surface area contributed by atoms with Crippen LogP contribution in [0.1, 0.15) is 0 Å². The highest BCUT2D eigenvalue weighted by Gasteiger charge is 2.16. The largest absolute Gasteiger partial charge is 0.486 e. The zero-order valence-corrected chi connectivity index (χ0v) is 15.7. The molecule has 0 spiro atoms. The Balaban J connectivity index is 1.37. The minimum absolute atomic E-state index is 0.0912. The normalized spacial score (nSPS) is 12.7. The number of hydrogen-bond acceptors (Lipinski definition) is 7. The number of amides is 1. The van der Waals surface area contributed by atoms with Gasteiger partial charge in [0.25, 0.3) is 5.56 Å². The van der Waals surface area contributed by atoms with Crippen LogP contribution >= 0.6 is 0 Å². The van der Waals surface area contributed by atoms with Gasteiger partial charge in [-0.25, -0.2) is 4.98 Å². The van der Waals surface area contributed by atoms with E-state index in [0.717, 1.165) is 5.69 Å². The van der Waals surface area contributed by atoms with E-state index in [9.17, 15) is 9.59 Å². The van der Waals surface area contributed by atoms with Gasteiger partial charge in [0.1, 0.15) is 26.1 Å². The van der Waals surface area contributed by atoms with Crippen molar-refractivity contribution in [2.45, 2.75) is 6.54 Å². The van der Waals surface area contributed by atoms with Crippen molar-refractivity contribution >= 4 is 22.8 Å². The minimum atomic E-state index is -0.445. The second-order valence-corrected chi connectivity index (χ2v) is 6.59. The van der Waals surface area contributed by atoms with Gasteiger partial charge in [-0.15, -0.1) is 5.10 Å². The predicted octanol–water partition coefficient (Wildman–Crippen LogP) is 1.39. The van der Waals surface area contributed by atoms with E-state index in [1.165, 1.54) is 15.6 Å². The van der Waals surface area contributed by atoms with Crippen LogP contribution in [0.5, 0.6) is 11.5 Å². The van der Waals surface area contributed by atoms with Gasteiger partial charge in [-0.1, -0.05) is 23.4 Å². The molecule has 1 aliphatic rings. The van der Waals surface area contributed by atoms with Gasteiger partial charge in [0.2, 0.25) is 5.91 Å². The molecule has 1 N–H and O–H groups in total. The number of fused-ring (bicyclic) bond motifs is 2. The van der Waals surface area contributed by atoms with Crippen LogP contribution in [-0.2, 0) is 11.3 Å². The van der Waals surface area contributed by atoms with Gasteiger partial charge in [0, 0.05) is 11.8 Å². The summed E-state index contributed by atoms with van der Waals surface area (Å²) in [6.45, 7) is 0.732. The monoisotopic (exact) mass is 404 g/mol. The molecule has 150 valence electrons. The fraction of sp³-hybridized carbons (Fsp3) is 0.150. The molecule has 2 aromatic heterocycles. The second-order valence-electron chi connectivity index (χ2n) is 6.59. The summed E-state index contributed by atoms with van der Waals surface area (Å²) in [4.78, 5) is 29.5. The maximum atomic E-state index is 12.7. The van der Waals surface area contributed by atoms with Crippen LogP contribution in [-0.4, -0.2) is 43.7 Å². The van der Waals surface area contributed by atoms with Crippen molar-refractivity contribution in [2.24, 2.45) is 0 Å². The van der Waals surface area contributed by atoms with Crippen molar-refractivity contribution < 1.29 is 14.3 Å². The third-order valence-corrected chi connectivity index (χ3v) is 4.57. The highest BCUT2D eigenvalue weighted by Crippen LogP contribution is 2.32. The Bertz CT molecular complexity index is 1300. The van der Waals surface area contributed by atoms with Gasteiger partial charge in [0.15, 0.2) is 22.7 Å². The van der Waals surface area contributed by atoms with Gasteiger partial charge in [-0.3, -0.25) is 14.2 Å². The Hall–Kier alpha value is -4.21. The van der Waals surface area contributed by atoms with Crippen LogP contribution in [0.25, 0.3) is 16.9 Å². The first-order chi connectivity index (χ1) is 14.7. The third kappa shape index (κ3) is 3.24. The number of para-hydroxylation sites is 1. The lowest BCUT2D eigenvalue weighted by Crippen LogP contribution is -2.28. The third-order valence-electron chi connectivity index (χ3n) is 4.57. The van der Waals surface area contributed by atoms with Crippen LogP contribution in [0, 0.1) is 0 Å². The first-order valence-corrected chi connectivity index (χ1v) is 9.25. The van der Waals surface area contributed by atoms with Gasteiger partial charge >= 0.3 is 0 Å². The SMILES string of the molecule is O=C(Cn1cnc2c(nnn2-c2ccccc2)c1=O)Nc1ccc2c(c1)OCCO2. The summed E-state index contributed by atoms with van der Waals surface area (Å²) in [6, 6.07) is 14.4. The average molecular weight is 404 g/mol. The van der Waals surface area contributed by atoms with Crippen molar-refractivity contribution in [3.8, 4) is 17.2 Å². The van der Waals surface area contributed by atoms with Gasteiger partial charge in [-0.05, 0) is 24.3 Å². The summed E-state index contributed by atoms with van der Waals surface area (Å²) in [5.74, 6) is 0.814. The van der Waals surface area contributed by atoms with E-state index in [1.807, 2.05) is 30.3 Å². The summed E-state index contributed by atoms with van der Waals surface area (Å²) in [7, 11) is 0. The van der Waals surface area contributed by atoms with Crippen LogP contribution in [0.2, 0.25) is 0 Å². The number of carbonyl (C=O) groups excluding carboxylic acids is 1. The maximum Gasteiger partial charge on any atom is 0.284 e. The average Bonchev–Trinajstić information content (AvgIpc) is 3.21. The molecule has 3 heterocycles. The molecule has 30 heavy (non-hydrogen) atoms. The summed E-state index contributed by atoms with van der Waals surface area (Å²) in [5.41, 5.74) is 1.25. The molecule has 0 saturated carbocycles. The van der Waals surface area contributed by atoms with Gasteiger partial charge < -0.3 is 14.8 Å². The Morgan fingerprint density at radius 1 is 1.07 bits per heavy atom. The van der Waals surface area contributed by atoms with E-state index in [1.54, 1.807) is 18.2 Å². The van der Waals surface area contributed by atoms with E-state index < -0.39 is 5.56 Å². The molecule has 5 rings (SSSR count). The molecule has 1 aliphatic heterocycles. The van der Waals surface area contributed by atoms with E-state index in [-0.39, 0.29) is 18.0 Å². The van der Waals surface area contributed by atoms with Crippen molar-refractivity contribution in [1.82, 2.24) is 24.5 Å². The standard InChI is InChI=1S/C20H16N6O4/c27-17(22-13-6-7-15-16(10-13)30-9-8-29-15)11-25-12-21-19-18(20(25)28)23-24-26(19)14-4-2-1-3-5-14/h1-7,10,12H,8-9,11H2,(H,22,27). The van der Waals surface area contributed by atoms with Crippen molar-refractivity contribution in [2.75, 3.05) is 18.5 Å². The molecule has 0 radical (unpaired) electrons. The number of carbonyl (C=O) groups is 1. The lowest BCUT2D eigenvalue weighted by molar-refractivity contribution is -0.116.